The van der Waals surface area contributed by atoms with E-state index in [4.69, 9.17) is 16.3 Å². The molecule has 2 aromatic carbocycles. The maximum atomic E-state index is 12.2. The minimum atomic E-state index is 0.0443. The Morgan fingerprint density at radius 3 is 2.75 bits per heavy atom. The molecular weight excluding hydrogens is 372 g/mol. The summed E-state index contributed by atoms with van der Waals surface area (Å²) in [6.45, 7) is 2.01. The number of allylic oxidation sites excluding steroid dienone is 2. The van der Waals surface area contributed by atoms with Gasteiger partial charge in [0.25, 0.3) is 0 Å². The number of ether oxygens (including phenoxy) is 1. The fourth-order valence-electron chi connectivity index (χ4n) is 4.36. The largest absolute Gasteiger partial charge is 0.497 e. The van der Waals surface area contributed by atoms with E-state index in [2.05, 4.69) is 34.9 Å². The number of anilines is 2. The van der Waals surface area contributed by atoms with Crippen molar-refractivity contribution in [3.8, 4) is 5.75 Å². The monoisotopic (exact) mass is 396 g/mol. The maximum absolute atomic E-state index is 12.2. The van der Waals surface area contributed by atoms with Gasteiger partial charge in [0.15, 0.2) is 0 Å². The Kier molecular flexibility index (Phi) is 5.31. The summed E-state index contributed by atoms with van der Waals surface area (Å²) >= 11 is 6.58. The summed E-state index contributed by atoms with van der Waals surface area (Å²) in [5.74, 6) is 1.49. The van der Waals surface area contributed by atoms with E-state index >= 15 is 0 Å². The maximum Gasteiger partial charge on any atom is 0.224 e. The summed E-state index contributed by atoms with van der Waals surface area (Å²) in [5.41, 5.74) is 4.09. The fraction of sp³-hybridized carbons (Fsp3) is 0.348. The number of fused-ring (bicyclic) bond motifs is 3. The van der Waals surface area contributed by atoms with Crippen molar-refractivity contribution in [1.82, 2.24) is 0 Å². The standard InChI is InChI=1S/C23H25ClN2O2/c1-3-5-20(27)25-19-13-12-18(24)23-21(19)16-6-4-7-17(16)22(26-23)14-8-10-15(28-2)11-9-14/h4,6,8-13,16-17,22,26H,3,5,7H2,1-2H3,(H,25,27). The quantitative estimate of drug-likeness (QED) is 0.617. The van der Waals surface area contributed by atoms with Crippen LogP contribution in [-0.4, -0.2) is 13.0 Å². The van der Waals surface area contributed by atoms with Crippen molar-refractivity contribution in [2.24, 2.45) is 5.92 Å². The van der Waals surface area contributed by atoms with Crippen LogP contribution in [0.1, 0.15) is 49.3 Å². The number of benzene rings is 2. The van der Waals surface area contributed by atoms with Crippen molar-refractivity contribution >= 4 is 28.9 Å². The van der Waals surface area contributed by atoms with Gasteiger partial charge in [0.1, 0.15) is 5.75 Å². The molecular formula is C23H25ClN2O2. The molecule has 0 radical (unpaired) electrons. The molecule has 0 aromatic heterocycles. The van der Waals surface area contributed by atoms with Crippen molar-refractivity contribution in [2.75, 3.05) is 17.7 Å². The Morgan fingerprint density at radius 2 is 2.04 bits per heavy atom. The van der Waals surface area contributed by atoms with Gasteiger partial charge >= 0.3 is 0 Å². The van der Waals surface area contributed by atoms with Crippen LogP contribution in [0.5, 0.6) is 5.75 Å². The highest BCUT2D eigenvalue weighted by molar-refractivity contribution is 6.33. The van der Waals surface area contributed by atoms with Gasteiger partial charge < -0.3 is 15.4 Å². The van der Waals surface area contributed by atoms with Crippen molar-refractivity contribution in [1.29, 1.82) is 0 Å². The molecule has 0 saturated carbocycles. The molecule has 4 rings (SSSR count). The number of rotatable bonds is 5. The van der Waals surface area contributed by atoms with Crippen LogP contribution in [0.2, 0.25) is 5.02 Å². The summed E-state index contributed by atoms with van der Waals surface area (Å²) in [6, 6.07) is 12.1. The highest BCUT2D eigenvalue weighted by atomic mass is 35.5. The number of hydrogen-bond donors (Lipinski definition) is 2. The Morgan fingerprint density at radius 1 is 1.25 bits per heavy atom. The average Bonchev–Trinajstić information content (AvgIpc) is 3.19. The minimum absolute atomic E-state index is 0.0443. The molecule has 0 saturated heterocycles. The Bertz CT molecular complexity index is 908. The number of methoxy groups -OCH3 is 1. The van der Waals surface area contributed by atoms with E-state index in [1.54, 1.807) is 7.11 Å². The van der Waals surface area contributed by atoms with Crippen molar-refractivity contribution in [3.05, 3.63) is 64.7 Å². The van der Waals surface area contributed by atoms with E-state index < -0.39 is 0 Å². The summed E-state index contributed by atoms with van der Waals surface area (Å²) in [5, 5.41) is 7.45. The first-order valence-electron chi connectivity index (χ1n) is 9.81. The predicted octanol–water partition coefficient (Wildman–Crippen LogP) is 5.91. The number of halogens is 1. The molecule has 2 aliphatic rings. The molecule has 2 aromatic rings. The second kappa shape index (κ2) is 7.88. The van der Waals surface area contributed by atoms with Gasteiger partial charge in [-0.15, -0.1) is 0 Å². The Labute approximate surface area is 170 Å². The summed E-state index contributed by atoms with van der Waals surface area (Å²) in [6.07, 6.45) is 6.82. The van der Waals surface area contributed by atoms with Gasteiger partial charge in [-0.05, 0) is 48.6 Å². The highest BCUT2D eigenvalue weighted by Crippen LogP contribution is 2.53. The summed E-state index contributed by atoms with van der Waals surface area (Å²) in [7, 11) is 1.68. The molecule has 4 nitrogen and oxygen atoms in total. The number of carbonyl (C=O) groups is 1. The number of nitrogens with one attached hydrogen (secondary N) is 2. The Hall–Kier alpha value is -2.46. The second-order valence-electron chi connectivity index (χ2n) is 7.43. The predicted molar refractivity (Wildman–Crippen MR) is 114 cm³/mol. The molecule has 28 heavy (non-hydrogen) atoms. The van der Waals surface area contributed by atoms with Gasteiger partial charge in [-0.3, -0.25) is 4.79 Å². The molecule has 1 aliphatic heterocycles. The van der Waals surface area contributed by atoms with Gasteiger partial charge in [-0.2, -0.15) is 0 Å². The van der Waals surface area contributed by atoms with Crippen LogP contribution in [0, 0.1) is 5.92 Å². The topological polar surface area (TPSA) is 50.4 Å². The zero-order chi connectivity index (χ0) is 19.7. The first-order chi connectivity index (χ1) is 13.6. The van der Waals surface area contributed by atoms with E-state index in [0.717, 1.165) is 35.5 Å². The molecule has 1 heterocycles. The van der Waals surface area contributed by atoms with Gasteiger partial charge in [-0.1, -0.05) is 42.8 Å². The van der Waals surface area contributed by atoms with Crippen LogP contribution in [0.25, 0.3) is 0 Å². The second-order valence-corrected chi connectivity index (χ2v) is 7.84. The van der Waals surface area contributed by atoms with Gasteiger partial charge in [-0.25, -0.2) is 0 Å². The molecule has 146 valence electrons. The van der Waals surface area contributed by atoms with Crippen LogP contribution in [0.15, 0.2) is 48.6 Å². The first-order valence-corrected chi connectivity index (χ1v) is 10.2. The van der Waals surface area contributed by atoms with E-state index in [1.807, 2.05) is 31.2 Å². The van der Waals surface area contributed by atoms with Gasteiger partial charge in [0.05, 0.1) is 23.9 Å². The lowest BCUT2D eigenvalue weighted by Gasteiger charge is -2.39. The van der Waals surface area contributed by atoms with Crippen LogP contribution in [0.4, 0.5) is 11.4 Å². The number of amides is 1. The smallest absolute Gasteiger partial charge is 0.224 e. The normalized spacial score (nSPS) is 22.2. The van der Waals surface area contributed by atoms with E-state index in [9.17, 15) is 4.79 Å². The molecule has 0 spiro atoms. The third-order valence-corrected chi connectivity index (χ3v) is 6.01. The SMILES string of the molecule is CCCC(=O)Nc1ccc(Cl)c2c1C1C=CCC1C(c1ccc(OC)cc1)N2. The lowest BCUT2D eigenvalue weighted by atomic mass is 9.76. The molecule has 2 N–H and O–H groups in total. The Balaban J connectivity index is 1.73. The third kappa shape index (κ3) is 3.37. The van der Waals surface area contributed by atoms with Crippen LogP contribution in [-0.2, 0) is 4.79 Å². The molecule has 0 bridgehead atoms. The number of hydrogen-bond acceptors (Lipinski definition) is 3. The van der Waals surface area contributed by atoms with E-state index in [-0.39, 0.29) is 17.9 Å². The van der Waals surface area contributed by atoms with E-state index in [1.165, 1.54) is 5.56 Å². The summed E-state index contributed by atoms with van der Waals surface area (Å²) in [4.78, 5) is 12.2. The van der Waals surface area contributed by atoms with Gasteiger partial charge in [0.2, 0.25) is 5.91 Å². The lowest BCUT2D eigenvalue weighted by Crippen LogP contribution is -2.30. The molecule has 5 heteroatoms. The first kappa shape index (κ1) is 18.9. The summed E-state index contributed by atoms with van der Waals surface area (Å²) < 4.78 is 5.30. The van der Waals surface area contributed by atoms with Crippen LogP contribution >= 0.6 is 11.6 Å². The zero-order valence-electron chi connectivity index (χ0n) is 16.2. The van der Waals surface area contributed by atoms with Crippen molar-refractivity contribution in [2.45, 2.75) is 38.1 Å². The van der Waals surface area contributed by atoms with Gasteiger partial charge in [0, 0.05) is 23.6 Å². The molecule has 1 aliphatic carbocycles. The number of carbonyl (C=O) groups excluding carboxylic acids is 1. The highest BCUT2D eigenvalue weighted by Gasteiger charge is 2.40. The zero-order valence-corrected chi connectivity index (χ0v) is 16.9. The van der Waals surface area contributed by atoms with Crippen LogP contribution in [0.3, 0.4) is 0 Å². The van der Waals surface area contributed by atoms with E-state index in [0.29, 0.717) is 17.4 Å². The molecule has 3 atom stereocenters. The van der Waals surface area contributed by atoms with Crippen molar-refractivity contribution < 1.29 is 9.53 Å². The van der Waals surface area contributed by atoms with Crippen molar-refractivity contribution in [3.63, 3.8) is 0 Å². The lowest BCUT2D eigenvalue weighted by molar-refractivity contribution is -0.116. The molecule has 3 unspecified atom stereocenters. The fourth-order valence-corrected chi connectivity index (χ4v) is 4.58. The van der Waals surface area contributed by atoms with Crippen LogP contribution < -0.4 is 15.4 Å². The molecule has 1 amide bonds. The minimum Gasteiger partial charge on any atom is -0.497 e. The third-order valence-electron chi connectivity index (χ3n) is 5.69. The average molecular weight is 397 g/mol. The molecule has 0 fully saturated rings.